The van der Waals surface area contributed by atoms with E-state index in [2.05, 4.69) is 0 Å². The molecule has 0 aliphatic carbocycles. The number of nitrogens with zero attached hydrogens (tertiary/aromatic N) is 1. The van der Waals surface area contributed by atoms with Crippen molar-refractivity contribution >= 4 is 22.0 Å². The van der Waals surface area contributed by atoms with Crippen molar-refractivity contribution in [3.63, 3.8) is 0 Å². The lowest BCUT2D eigenvalue weighted by Crippen LogP contribution is -2.67. The van der Waals surface area contributed by atoms with Gasteiger partial charge in [0.15, 0.2) is 0 Å². The zero-order chi connectivity index (χ0) is 15.1. The fraction of sp³-hybridized carbons (Fsp3) is 0.750. The van der Waals surface area contributed by atoms with E-state index in [1.54, 1.807) is 0 Å². The smallest absolute Gasteiger partial charge is 0.294 e. The van der Waals surface area contributed by atoms with E-state index >= 15 is 0 Å². The van der Waals surface area contributed by atoms with Crippen LogP contribution in [0.4, 0.5) is 13.2 Å². The molecule has 11 heteroatoms. The Kier molecular flexibility index (Phi) is 3.94. The lowest BCUT2D eigenvalue weighted by Gasteiger charge is -2.38. The monoisotopic (exact) mass is 303 g/mol. The van der Waals surface area contributed by atoms with Gasteiger partial charge in [0.25, 0.3) is 10.2 Å². The first kappa shape index (κ1) is 15.9. The highest BCUT2D eigenvalue weighted by Gasteiger charge is 2.47. The zero-order valence-corrected chi connectivity index (χ0v) is 10.9. The predicted molar refractivity (Wildman–Crippen MR) is 56.9 cm³/mol. The molecule has 0 unspecified atom stereocenters. The van der Waals surface area contributed by atoms with Crippen molar-refractivity contribution in [1.29, 1.82) is 0 Å². The van der Waals surface area contributed by atoms with Crippen LogP contribution in [0.3, 0.4) is 0 Å². The molecule has 1 saturated heterocycles. The Bertz CT molecular complexity index is 500. The van der Waals surface area contributed by atoms with Crippen LogP contribution in [0.15, 0.2) is 0 Å². The molecule has 1 aliphatic rings. The second-order valence-corrected chi connectivity index (χ2v) is 6.06. The van der Waals surface area contributed by atoms with E-state index in [9.17, 15) is 31.2 Å². The van der Waals surface area contributed by atoms with Gasteiger partial charge in [-0.15, -0.1) is 0 Å². The normalized spacial score (nSPS) is 21.3. The summed E-state index contributed by atoms with van der Waals surface area (Å²) < 4.78 is 61.2. The average Bonchev–Trinajstić information content (AvgIpc) is 2.20. The Morgan fingerprint density at radius 1 is 1.37 bits per heavy atom. The summed E-state index contributed by atoms with van der Waals surface area (Å²) in [6.07, 6.45) is -4.74. The van der Waals surface area contributed by atoms with Crippen molar-refractivity contribution in [3.8, 4) is 0 Å². The second-order valence-electron chi connectivity index (χ2n) is 4.38. The number of carbonyl (C=O) groups excluding carboxylic acids is 2. The van der Waals surface area contributed by atoms with Crippen molar-refractivity contribution in [2.75, 3.05) is 13.1 Å². The molecule has 1 rings (SSSR count). The number of imide groups is 1. The Morgan fingerprint density at radius 2 is 1.89 bits per heavy atom. The summed E-state index contributed by atoms with van der Waals surface area (Å²) in [5.41, 5.74) is -1.66. The number of hydrogen-bond acceptors (Lipinski definition) is 4. The number of hydrogen-bond donors (Lipinski definition) is 2. The van der Waals surface area contributed by atoms with Crippen LogP contribution in [-0.2, 0) is 19.8 Å². The number of alkyl halides is 3. The molecular weight excluding hydrogens is 291 g/mol. The third kappa shape index (κ3) is 3.64. The maximum atomic E-state index is 12.0. The molecule has 0 bridgehead atoms. The van der Waals surface area contributed by atoms with Gasteiger partial charge in [0.1, 0.15) is 12.1 Å². The van der Waals surface area contributed by atoms with Crippen LogP contribution in [0.2, 0.25) is 0 Å². The van der Waals surface area contributed by atoms with Crippen molar-refractivity contribution in [1.82, 2.24) is 14.3 Å². The summed E-state index contributed by atoms with van der Waals surface area (Å²) in [5.74, 6) is -1.80. The Balaban J connectivity index is 2.98. The van der Waals surface area contributed by atoms with Crippen molar-refractivity contribution < 1.29 is 31.2 Å². The molecule has 2 N–H and O–H groups in total. The molecule has 7 nitrogen and oxygen atoms in total. The summed E-state index contributed by atoms with van der Waals surface area (Å²) in [7, 11) is -4.61. The largest absolute Gasteiger partial charge is 0.402 e. The van der Waals surface area contributed by atoms with Crippen molar-refractivity contribution in [3.05, 3.63) is 0 Å². The molecule has 0 aromatic carbocycles. The van der Waals surface area contributed by atoms with Crippen LogP contribution in [0.1, 0.15) is 13.8 Å². The van der Waals surface area contributed by atoms with E-state index in [1.165, 1.54) is 18.6 Å². The fourth-order valence-corrected chi connectivity index (χ4v) is 2.87. The average molecular weight is 303 g/mol. The van der Waals surface area contributed by atoms with Crippen LogP contribution in [0.5, 0.6) is 0 Å². The summed E-state index contributed by atoms with van der Waals surface area (Å²) in [4.78, 5) is 22.6. The number of amides is 2. The van der Waals surface area contributed by atoms with E-state index < -0.39 is 46.8 Å². The van der Waals surface area contributed by atoms with Gasteiger partial charge < -0.3 is 0 Å². The zero-order valence-electron chi connectivity index (χ0n) is 10.0. The van der Waals surface area contributed by atoms with E-state index in [-0.39, 0.29) is 0 Å². The Hall–Kier alpha value is -1.20. The molecule has 0 aromatic rings. The summed E-state index contributed by atoms with van der Waals surface area (Å²) in [6.45, 7) is -0.146. The molecule has 110 valence electrons. The fourth-order valence-electron chi connectivity index (χ4n) is 1.40. The maximum absolute atomic E-state index is 12.0. The molecule has 2 amide bonds. The summed E-state index contributed by atoms with van der Waals surface area (Å²) in [6, 6.07) is 0. The summed E-state index contributed by atoms with van der Waals surface area (Å²) in [5, 5.41) is 1.91. The van der Waals surface area contributed by atoms with Crippen LogP contribution in [-0.4, -0.2) is 49.3 Å². The summed E-state index contributed by atoms with van der Waals surface area (Å²) >= 11 is 0. The maximum Gasteiger partial charge on any atom is 0.402 e. The third-order valence-corrected chi connectivity index (χ3v) is 4.14. The SMILES string of the molecule is CC1(C)C(=O)NC(=O)CN1S(=O)(=O)NCC(F)(F)F. The molecule has 1 fully saturated rings. The lowest BCUT2D eigenvalue weighted by molar-refractivity contribution is -0.141. The highest BCUT2D eigenvalue weighted by atomic mass is 32.2. The topological polar surface area (TPSA) is 95.6 Å². The van der Waals surface area contributed by atoms with Gasteiger partial charge in [0, 0.05) is 0 Å². The van der Waals surface area contributed by atoms with E-state index in [0.29, 0.717) is 4.31 Å². The minimum Gasteiger partial charge on any atom is -0.294 e. The Labute approximate surface area is 107 Å². The highest BCUT2D eigenvalue weighted by molar-refractivity contribution is 7.87. The number of carbonyl (C=O) groups is 2. The van der Waals surface area contributed by atoms with Crippen LogP contribution in [0.25, 0.3) is 0 Å². The molecule has 0 radical (unpaired) electrons. The number of halogens is 3. The number of piperazine rings is 1. The first-order chi connectivity index (χ1) is 8.36. The number of nitrogens with one attached hydrogen (secondary N) is 2. The molecule has 0 atom stereocenters. The van der Waals surface area contributed by atoms with Crippen molar-refractivity contribution in [2.45, 2.75) is 25.6 Å². The standard InChI is InChI=1S/C8H12F3N3O4S/c1-7(2)6(16)13-5(15)3-14(7)19(17,18)12-4-8(9,10)11/h12H,3-4H2,1-2H3,(H,13,15,16). The minimum atomic E-state index is -4.74. The van der Waals surface area contributed by atoms with Gasteiger partial charge >= 0.3 is 6.18 Å². The lowest BCUT2D eigenvalue weighted by atomic mass is 10.0. The van der Waals surface area contributed by atoms with Gasteiger partial charge in [-0.1, -0.05) is 0 Å². The molecule has 0 spiro atoms. The Morgan fingerprint density at radius 3 is 2.37 bits per heavy atom. The van der Waals surface area contributed by atoms with Gasteiger partial charge in [-0.2, -0.15) is 30.6 Å². The number of rotatable bonds is 3. The van der Waals surface area contributed by atoms with Gasteiger partial charge in [-0.3, -0.25) is 14.9 Å². The molecule has 1 aliphatic heterocycles. The third-order valence-electron chi connectivity index (χ3n) is 2.46. The van der Waals surface area contributed by atoms with Crippen LogP contribution < -0.4 is 10.0 Å². The molecule has 0 saturated carbocycles. The molecular formula is C8H12F3N3O4S. The first-order valence-electron chi connectivity index (χ1n) is 5.05. The van der Waals surface area contributed by atoms with Gasteiger partial charge in [-0.25, -0.2) is 0 Å². The minimum absolute atomic E-state index is 0.396. The van der Waals surface area contributed by atoms with E-state index in [1.807, 2.05) is 5.32 Å². The highest BCUT2D eigenvalue weighted by Crippen LogP contribution is 2.22. The predicted octanol–water partition coefficient (Wildman–Crippen LogP) is -0.880. The van der Waals surface area contributed by atoms with E-state index in [4.69, 9.17) is 0 Å². The molecule has 19 heavy (non-hydrogen) atoms. The second kappa shape index (κ2) is 4.72. The van der Waals surface area contributed by atoms with Crippen molar-refractivity contribution in [2.24, 2.45) is 0 Å². The molecule has 1 heterocycles. The van der Waals surface area contributed by atoms with Crippen LogP contribution >= 0.6 is 0 Å². The van der Waals surface area contributed by atoms with E-state index in [0.717, 1.165) is 0 Å². The first-order valence-corrected chi connectivity index (χ1v) is 6.49. The van der Waals surface area contributed by atoms with Gasteiger partial charge in [0.2, 0.25) is 11.8 Å². The quantitative estimate of drug-likeness (QED) is 0.662. The van der Waals surface area contributed by atoms with Gasteiger partial charge in [0.05, 0.1) is 6.54 Å². The van der Waals surface area contributed by atoms with Gasteiger partial charge in [-0.05, 0) is 13.8 Å². The molecule has 0 aromatic heterocycles. The van der Waals surface area contributed by atoms with Crippen LogP contribution in [0, 0.1) is 0 Å².